The molecule has 1 aromatic carbocycles. The third-order valence-electron chi connectivity index (χ3n) is 4.77. The third kappa shape index (κ3) is 4.72. The van der Waals surface area contributed by atoms with Crippen LogP contribution in [0.15, 0.2) is 66.0 Å². The SMILES string of the molecule is C\C=C/C=C(\C(=C/C)C(F)F)C(C)Oc1cc(-n2cnc3ccc(O)cc32)sc1C(N)=O. The summed E-state index contributed by atoms with van der Waals surface area (Å²) >= 11 is 1.08. The van der Waals surface area contributed by atoms with E-state index in [1.165, 1.54) is 19.1 Å². The van der Waals surface area contributed by atoms with Gasteiger partial charge in [-0.1, -0.05) is 24.3 Å². The number of carbonyl (C=O) groups excluding carboxylic acids is 1. The monoisotopic (exact) mass is 459 g/mol. The predicted molar refractivity (Wildman–Crippen MR) is 122 cm³/mol. The Kier molecular flexibility index (Phi) is 7.09. The summed E-state index contributed by atoms with van der Waals surface area (Å²) in [4.78, 5) is 16.5. The number of aromatic hydroxyl groups is 1. The van der Waals surface area contributed by atoms with Gasteiger partial charge in [-0.05, 0) is 32.9 Å². The first-order valence-corrected chi connectivity index (χ1v) is 10.6. The Morgan fingerprint density at radius 1 is 1.28 bits per heavy atom. The third-order valence-corrected chi connectivity index (χ3v) is 5.90. The van der Waals surface area contributed by atoms with Crippen LogP contribution in [-0.2, 0) is 0 Å². The van der Waals surface area contributed by atoms with Crippen LogP contribution in [0.5, 0.6) is 11.5 Å². The summed E-state index contributed by atoms with van der Waals surface area (Å²) in [6, 6.07) is 6.36. The molecule has 0 radical (unpaired) electrons. The zero-order valence-corrected chi connectivity index (χ0v) is 18.6. The van der Waals surface area contributed by atoms with Crippen molar-refractivity contribution in [1.29, 1.82) is 0 Å². The smallest absolute Gasteiger partial charge is 0.263 e. The lowest BCUT2D eigenvalue weighted by atomic mass is 10.0. The van der Waals surface area contributed by atoms with E-state index in [4.69, 9.17) is 10.5 Å². The van der Waals surface area contributed by atoms with Crippen LogP contribution in [0.2, 0.25) is 0 Å². The van der Waals surface area contributed by atoms with Gasteiger partial charge in [-0.3, -0.25) is 9.36 Å². The van der Waals surface area contributed by atoms with Crippen molar-refractivity contribution in [3.8, 4) is 16.5 Å². The Morgan fingerprint density at radius 2 is 2.03 bits per heavy atom. The van der Waals surface area contributed by atoms with Gasteiger partial charge in [0.1, 0.15) is 33.8 Å². The van der Waals surface area contributed by atoms with E-state index in [1.54, 1.807) is 61.2 Å². The number of nitrogens with zero attached hydrogens (tertiary/aromatic N) is 2. The molecular formula is C23H23F2N3O3S. The highest BCUT2D eigenvalue weighted by atomic mass is 32.1. The largest absolute Gasteiger partial charge is 0.508 e. The Bertz CT molecular complexity index is 1220. The average molecular weight is 460 g/mol. The summed E-state index contributed by atoms with van der Waals surface area (Å²) < 4.78 is 34.8. The second-order valence-corrected chi connectivity index (χ2v) is 7.91. The molecule has 32 heavy (non-hydrogen) atoms. The topological polar surface area (TPSA) is 90.4 Å². The fourth-order valence-corrected chi connectivity index (χ4v) is 4.18. The number of hydrogen-bond acceptors (Lipinski definition) is 5. The number of thiophene rings is 1. The minimum absolute atomic E-state index is 0.0701. The van der Waals surface area contributed by atoms with Gasteiger partial charge in [-0.2, -0.15) is 0 Å². The first-order valence-electron chi connectivity index (χ1n) is 9.81. The van der Waals surface area contributed by atoms with Crippen molar-refractivity contribution in [3.63, 3.8) is 0 Å². The van der Waals surface area contributed by atoms with Crippen LogP contribution in [-0.4, -0.2) is 33.1 Å². The lowest BCUT2D eigenvalue weighted by Gasteiger charge is -2.20. The lowest BCUT2D eigenvalue weighted by Crippen LogP contribution is -2.20. The molecule has 2 heterocycles. The van der Waals surface area contributed by atoms with Crippen molar-refractivity contribution in [2.45, 2.75) is 33.3 Å². The van der Waals surface area contributed by atoms with Crippen LogP contribution in [0, 0.1) is 0 Å². The number of phenols is 1. The highest BCUT2D eigenvalue weighted by molar-refractivity contribution is 7.16. The van der Waals surface area contributed by atoms with Crippen molar-refractivity contribution in [3.05, 3.63) is 70.9 Å². The number of hydrogen-bond donors (Lipinski definition) is 2. The minimum Gasteiger partial charge on any atom is -0.508 e. The summed E-state index contributed by atoms with van der Waals surface area (Å²) in [6.45, 7) is 4.95. The lowest BCUT2D eigenvalue weighted by molar-refractivity contribution is 0.0999. The van der Waals surface area contributed by atoms with E-state index in [0.29, 0.717) is 21.6 Å². The Balaban J connectivity index is 2.03. The molecule has 0 saturated carbocycles. The molecular weight excluding hydrogens is 436 g/mol. The number of rotatable bonds is 8. The van der Waals surface area contributed by atoms with Crippen LogP contribution >= 0.6 is 11.3 Å². The van der Waals surface area contributed by atoms with Crippen LogP contribution in [0.1, 0.15) is 30.4 Å². The summed E-state index contributed by atoms with van der Waals surface area (Å²) in [5.74, 6) is -0.446. The molecule has 0 bridgehead atoms. The minimum atomic E-state index is -2.68. The fraction of sp³-hybridized carbons (Fsp3) is 0.217. The van der Waals surface area contributed by atoms with Crippen molar-refractivity contribution in [2.75, 3.05) is 0 Å². The number of allylic oxidation sites excluding steroid dienone is 4. The normalized spacial score (nSPS) is 13.9. The second-order valence-electron chi connectivity index (χ2n) is 6.88. The van der Waals surface area contributed by atoms with Gasteiger partial charge in [0.15, 0.2) is 0 Å². The van der Waals surface area contributed by atoms with Gasteiger partial charge in [0, 0.05) is 23.3 Å². The van der Waals surface area contributed by atoms with Crippen LogP contribution in [0.25, 0.3) is 16.0 Å². The zero-order chi connectivity index (χ0) is 23.4. The number of nitrogens with two attached hydrogens (primary N) is 1. The molecule has 0 fully saturated rings. The van der Waals surface area contributed by atoms with Crippen LogP contribution in [0.4, 0.5) is 8.78 Å². The Labute approximate surface area is 188 Å². The van der Waals surface area contributed by atoms with E-state index in [2.05, 4.69) is 4.98 Å². The number of benzene rings is 1. The van der Waals surface area contributed by atoms with Gasteiger partial charge in [0.25, 0.3) is 12.3 Å². The van der Waals surface area contributed by atoms with Gasteiger partial charge in [0.05, 0.1) is 11.0 Å². The molecule has 0 aliphatic heterocycles. The number of carbonyl (C=O) groups is 1. The fourth-order valence-electron chi connectivity index (χ4n) is 3.25. The number of amides is 1. The molecule has 2 aromatic heterocycles. The molecule has 9 heteroatoms. The summed E-state index contributed by atoms with van der Waals surface area (Å²) in [7, 11) is 0. The molecule has 6 nitrogen and oxygen atoms in total. The Morgan fingerprint density at radius 3 is 2.66 bits per heavy atom. The number of primary amides is 1. The number of phenolic OH excluding ortho intramolecular Hbond substituents is 1. The second kappa shape index (κ2) is 9.78. The summed E-state index contributed by atoms with van der Waals surface area (Å²) in [5, 5.41) is 10.4. The van der Waals surface area contributed by atoms with Crippen LogP contribution < -0.4 is 10.5 Å². The van der Waals surface area contributed by atoms with Crippen molar-refractivity contribution in [2.24, 2.45) is 5.73 Å². The first-order chi connectivity index (χ1) is 15.3. The van der Waals surface area contributed by atoms with E-state index in [0.717, 1.165) is 11.3 Å². The quantitative estimate of drug-likeness (QED) is 0.443. The van der Waals surface area contributed by atoms with Crippen molar-refractivity contribution < 1.29 is 23.4 Å². The van der Waals surface area contributed by atoms with Gasteiger partial charge in [0.2, 0.25) is 0 Å². The molecule has 1 atom stereocenters. The average Bonchev–Trinajstić information content (AvgIpc) is 3.34. The molecule has 3 aromatic rings. The molecule has 0 aliphatic rings. The van der Waals surface area contributed by atoms with E-state index >= 15 is 0 Å². The molecule has 0 spiro atoms. The number of imidazole rings is 1. The van der Waals surface area contributed by atoms with Crippen molar-refractivity contribution >= 4 is 28.3 Å². The molecule has 0 aliphatic carbocycles. The van der Waals surface area contributed by atoms with Crippen molar-refractivity contribution in [1.82, 2.24) is 9.55 Å². The summed E-state index contributed by atoms with van der Waals surface area (Å²) in [5.41, 5.74) is 6.98. The summed E-state index contributed by atoms with van der Waals surface area (Å²) in [6.07, 6.45) is 4.38. The zero-order valence-electron chi connectivity index (χ0n) is 17.8. The van der Waals surface area contributed by atoms with E-state index in [9.17, 15) is 18.7 Å². The standard InChI is InChI=1S/C23H23F2N3O3S/c1-4-6-7-16(15(5-2)22(24)25)13(3)31-19-11-20(32-21(19)23(26)30)28-12-27-17-9-8-14(29)10-18(17)28/h4-13,22,29H,1-3H3,(H2,26,30)/b6-4-,15-5+,16-7-. The van der Waals surface area contributed by atoms with Gasteiger partial charge in [-0.25, -0.2) is 13.8 Å². The molecule has 168 valence electrons. The highest BCUT2D eigenvalue weighted by Crippen LogP contribution is 2.36. The van der Waals surface area contributed by atoms with E-state index in [1.807, 2.05) is 0 Å². The molecule has 1 unspecified atom stereocenters. The highest BCUT2D eigenvalue weighted by Gasteiger charge is 2.24. The Hall–Kier alpha value is -3.46. The van der Waals surface area contributed by atoms with Gasteiger partial charge in [-0.15, -0.1) is 11.3 Å². The van der Waals surface area contributed by atoms with Gasteiger partial charge < -0.3 is 15.6 Å². The number of fused-ring (bicyclic) bond motifs is 1. The molecule has 3 rings (SSSR count). The maximum Gasteiger partial charge on any atom is 0.263 e. The van der Waals surface area contributed by atoms with E-state index < -0.39 is 18.4 Å². The molecule has 3 N–H and O–H groups in total. The maximum absolute atomic E-state index is 13.6. The number of alkyl halides is 2. The number of halogens is 2. The molecule has 1 amide bonds. The predicted octanol–water partition coefficient (Wildman–Crippen LogP) is 5.37. The number of ether oxygens (including phenoxy) is 1. The van der Waals surface area contributed by atoms with Gasteiger partial charge >= 0.3 is 0 Å². The molecule has 0 saturated heterocycles. The number of aromatic nitrogens is 2. The van der Waals surface area contributed by atoms with Crippen LogP contribution in [0.3, 0.4) is 0 Å². The first kappa shape index (κ1) is 23.2. The van der Waals surface area contributed by atoms with E-state index in [-0.39, 0.29) is 21.9 Å². The maximum atomic E-state index is 13.6.